The third kappa shape index (κ3) is 5.29. The van der Waals surface area contributed by atoms with Crippen molar-refractivity contribution < 1.29 is 0 Å². The normalized spacial score (nSPS) is 15.3. The van der Waals surface area contributed by atoms with Crippen LogP contribution in [0, 0.1) is 18.3 Å². The van der Waals surface area contributed by atoms with E-state index < -0.39 is 0 Å². The lowest BCUT2D eigenvalue weighted by Gasteiger charge is -2.38. The van der Waals surface area contributed by atoms with E-state index in [0.717, 1.165) is 21.8 Å². The molecule has 1 aromatic carbocycles. The largest absolute Gasteiger partial charge is 0.345 e. The average molecular weight is 405 g/mol. The van der Waals surface area contributed by atoms with Gasteiger partial charge in [-0.05, 0) is 86.9 Å². The van der Waals surface area contributed by atoms with Crippen molar-refractivity contribution >= 4 is 23.2 Å². The molecule has 0 spiro atoms. The Labute approximate surface area is 178 Å². The van der Waals surface area contributed by atoms with Crippen LogP contribution in [0.25, 0.3) is 5.57 Å². The van der Waals surface area contributed by atoms with Crippen LogP contribution < -0.4 is 10.0 Å². The SMILES string of the molecule is C=CN(c1cc(C2CC2)ccc1C(=C)C#N)C1CCC1.Cc1ccc(SN)cn1. The first-order valence-electron chi connectivity index (χ1n) is 10.0. The number of hydrogen-bond donors (Lipinski definition) is 1. The highest BCUT2D eigenvalue weighted by atomic mass is 32.2. The third-order valence-corrected chi connectivity index (χ3v) is 6.01. The summed E-state index contributed by atoms with van der Waals surface area (Å²) in [7, 11) is 0. The lowest BCUT2D eigenvalue weighted by atomic mass is 9.90. The fourth-order valence-electron chi connectivity index (χ4n) is 3.38. The number of nitrogens with zero attached hydrogens (tertiary/aromatic N) is 3. The number of nitrogens with two attached hydrogens (primary N) is 1. The highest BCUT2D eigenvalue weighted by Gasteiger charge is 2.28. The molecular formula is C24H28N4S. The van der Waals surface area contributed by atoms with Crippen LogP contribution in [0.4, 0.5) is 5.69 Å². The number of aryl methyl sites for hydroxylation is 1. The quantitative estimate of drug-likeness (QED) is 0.475. The molecule has 2 fully saturated rings. The molecule has 5 heteroatoms. The molecule has 0 saturated heterocycles. The lowest BCUT2D eigenvalue weighted by Crippen LogP contribution is -2.36. The average Bonchev–Trinajstić information content (AvgIpc) is 3.56. The van der Waals surface area contributed by atoms with E-state index >= 15 is 0 Å². The molecular weight excluding hydrogens is 376 g/mol. The maximum atomic E-state index is 9.17. The van der Waals surface area contributed by atoms with Gasteiger partial charge in [0, 0.05) is 34.1 Å². The summed E-state index contributed by atoms with van der Waals surface area (Å²) in [5.74, 6) is 0.714. The van der Waals surface area contributed by atoms with Crippen LogP contribution in [0.1, 0.15) is 54.8 Å². The van der Waals surface area contributed by atoms with E-state index in [1.165, 1.54) is 49.6 Å². The maximum Gasteiger partial charge on any atom is 0.0992 e. The second-order valence-corrected chi connectivity index (χ2v) is 8.28. The summed E-state index contributed by atoms with van der Waals surface area (Å²) >= 11 is 1.21. The fourth-order valence-corrected chi connectivity index (χ4v) is 3.64. The van der Waals surface area contributed by atoms with Crippen molar-refractivity contribution in [2.45, 2.75) is 55.9 Å². The first kappa shape index (κ1) is 21.2. The molecule has 2 aliphatic rings. The van der Waals surface area contributed by atoms with Crippen molar-refractivity contribution in [3.8, 4) is 6.07 Å². The van der Waals surface area contributed by atoms with E-state index in [2.05, 4.69) is 47.3 Å². The Morgan fingerprint density at radius 3 is 2.52 bits per heavy atom. The summed E-state index contributed by atoms with van der Waals surface area (Å²) in [6.07, 6.45) is 9.94. The van der Waals surface area contributed by atoms with Gasteiger partial charge in [-0.3, -0.25) is 10.1 Å². The van der Waals surface area contributed by atoms with Gasteiger partial charge in [-0.1, -0.05) is 25.3 Å². The Bertz CT molecular complexity index is 905. The third-order valence-electron chi connectivity index (χ3n) is 5.49. The molecule has 2 N–H and O–H groups in total. The van der Waals surface area contributed by atoms with Crippen LogP contribution in [0.2, 0.25) is 0 Å². The molecule has 2 aliphatic carbocycles. The Morgan fingerprint density at radius 1 is 1.28 bits per heavy atom. The number of allylic oxidation sites excluding steroid dienone is 1. The number of benzene rings is 1. The molecule has 0 atom stereocenters. The molecule has 150 valence electrons. The van der Waals surface area contributed by atoms with Gasteiger partial charge < -0.3 is 4.90 Å². The Balaban J connectivity index is 0.000000224. The molecule has 4 nitrogen and oxygen atoms in total. The van der Waals surface area contributed by atoms with Gasteiger partial charge in [0.1, 0.15) is 0 Å². The molecule has 0 aliphatic heterocycles. The summed E-state index contributed by atoms with van der Waals surface area (Å²) in [6.45, 7) is 9.81. The minimum atomic E-state index is 0.534. The Hall–Kier alpha value is -2.55. The maximum absolute atomic E-state index is 9.17. The monoisotopic (exact) mass is 404 g/mol. The number of pyridine rings is 1. The van der Waals surface area contributed by atoms with Crippen LogP contribution in [0.15, 0.2) is 60.8 Å². The second-order valence-electron chi connectivity index (χ2n) is 7.57. The fraction of sp³-hybridized carbons (Fsp3) is 0.333. The molecule has 1 heterocycles. The van der Waals surface area contributed by atoms with Gasteiger partial charge in [0.05, 0.1) is 11.6 Å². The highest BCUT2D eigenvalue weighted by molar-refractivity contribution is 7.97. The number of rotatable bonds is 6. The minimum absolute atomic E-state index is 0.534. The van der Waals surface area contributed by atoms with E-state index in [4.69, 9.17) is 5.14 Å². The molecule has 0 radical (unpaired) electrons. The van der Waals surface area contributed by atoms with Crippen molar-refractivity contribution in [3.05, 3.63) is 72.7 Å². The molecule has 2 saturated carbocycles. The second kappa shape index (κ2) is 9.78. The zero-order chi connectivity index (χ0) is 20.8. The van der Waals surface area contributed by atoms with Crippen LogP contribution >= 0.6 is 11.9 Å². The Morgan fingerprint density at radius 2 is 2.03 bits per heavy atom. The standard InChI is InChI=1S/C18H20N2.C6H8N2S/c1-3-20(16-5-4-6-16)18-11-15(14-7-8-14)9-10-17(18)13(2)12-19;1-5-2-3-6(9-7)4-8-5/h3,9-11,14,16H,1-2,4-8H2;2-4H,7H2,1H3. The van der Waals surface area contributed by atoms with Gasteiger partial charge >= 0.3 is 0 Å². The van der Waals surface area contributed by atoms with E-state index in [-0.39, 0.29) is 0 Å². The topological polar surface area (TPSA) is 65.9 Å². The van der Waals surface area contributed by atoms with Gasteiger partial charge in [-0.15, -0.1) is 0 Å². The molecule has 0 bridgehead atoms. The van der Waals surface area contributed by atoms with Gasteiger partial charge in [0.15, 0.2) is 0 Å². The van der Waals surface area contributed by atoms with Gasteiger partial charge in [-0.2, -0.15) is 5.26 Å². The summed E-state index contributed by atoms with van der Waals surface area (Å²) in [5, 5.41) is 14.5. The van der Waals surface area contributed by atoms with Crippen molar-refractivity contribution in [1.29, 1.82) is 5.26 Å². The molecule has 29 heavy (non-hydrogen) atoms. The van der Waals surface area contributed by atoms with E-state index in [1.54, 1.807) is 6.20 Å². The molecule has 0 unspecified atom stereocenters. The van der Waals surface area contributed by atoms with Gasteiger partial charge in [0.25, 0.3) is 0 Å². The van der Waals surface area contributed by atoms with E-state index in [9.17, 15) is 5.26 Å². The van der Waals surface area contributed by atoms with Crippen molar-refractivity contribution in [1.82, 2.24) is 4.98 Å². The first-order valence-corrected chi connectivity index (χ1v) is 10.9. The van der Waals surface area contributed by atoms with Crippen molar-refractivity contribution in [2.75, 3.05) is 4.90 Å². The summed E-state index contributed by atoms with van der Waals surface area (Å²) in [4.78, 5) is 7.29. The number of anilines is 1. The summed E-state index contributed by atoms with van der Waals surface area (Å²) < 4.78 is 0. The van der Waals surface area contributed by atoms with Gasteiger partial charge in [-0.25, -0.2) is 0 Å². The van der Waals surface area contributed by atoms with Crippen molar-refractivity contribution in [2.24, 2.45) is 5.14 Å². The summed E-state index contributed by atoms with van der Waals surface area (Å²) in [5.41, 5.74) is 5.01. The number of nitriles is 1. The number of hydrogen-bond acceptors (Lipinski definition) is 5. The molecule has 4 rings (SSSR count). The van der Waals surface area contributed by atoms with E-state index in [1.807, 2.05) is 25.3 Å². The lowest BCUT2D eigenvalue weighted by molar-refractivity contribution is 0.409. The van der Waals surface area contributed by atoms with Crippen LogP contribution in [-0.4, -0.2) is 11.0 Å². The van der Waals surface area contributed by atoms with E-state index in [0.29, 0.717) is 17.5 Å². The molecule has 1 aromatic heterocycles. The number of aromatic nitrogens is 1. The zero-order valence-electron chi connectivity index (χ0n) is 17.0. The summed E-state index contributed by atoms with van der Waals surface area (Å²) in [6, 6.07) is 13.1. The smallest absolute Gasteiger partial charge is 0.0992 e. The van der Waals surface area contributed by atoms with Crippen LogP contribution in [0.3, 0.4) is 0 Å². The Kier molecular flexibility index (Phi) is 7.13. The van der Waals surface area contributed by atoms with Crippen molar-refractivity contribution in [3.63, 3.8) is 0 Å². The van der Waals surface area contributed by atoms with Crippen LogP contribution in [-0.2, 0) is 0 Å². The molecule has 2 aromatic rings. The predicted molar refractivity (Wildman–Crippen MR) is 122 cm³/mol. The van der Waals surface area contributed by atoms with Gasteiger partial charge in [0.2, 0.25) is 0 Å². The molecule has 0 amide bonds. The van der Waals surface area contributed by atoms with Crippen LogP contribution in [0.5, 0.6) is 0 Å². The predicted octanol–water partition coefficient (Wildman–Crippen LogP) is 5.96. The zero-order valence-corrected chi connectivity index (χ0v) is 17.8. The first-order chi connectivity index (χ1) is 14.1. The minimum Gasteiger partial charge on any atom is -0.345 e. The highest BCUT2D eigenvalue weighted by Crippen LogP contribution is 2.43.